The normalized spacial score (nSPS) is 20.1. The van der Waals surface area contributed by atoms with E-state index in [2.05, 4.69) is 27.7 Å². The Morgan fingerprint density at radius 2 is 2.08 bits per heavy atom. The van der Waals surface area contributed by atoms with Gasteiger partial charge in [-0.2, -0.15) is 0 Å². The van der Waals surface area contributed by atoms with Gasteiger partial charge >= 0.3 is 0 Å². The lowest BCUT2D eigenvalue weighted by Gasteiger charge is -2.25. The van der Waals surface area contributed by atoms with E-state index in [1.807, 2.05) is 18.2 Å². The number of carbonyl (C=O) groups excluding carboxylic acids is 1. The molecule has 0 saturated heterocycles. The smallest absolute Gasteiger partial charge is 0.256 e. The van der Waals surface area contributed by atoms with Crippen LogP contribution in [0.3, 0.4) is 0 Å². The van der Waals surface area contributed by atoms with Gasteiger partial charge in [0.25, 0.3) is 5.91 Å². The highest BCUT2D eigenvalue weighted by atomic mass is 32.1. The average molecular weight is 196 g/mol. The summed E-state index contributed by atoms with van der Waals surface area (Å²) < 4.78 is 4.67. The summed E-state index contributed by atoms with van der Waals surface area (Å²) in [6.45, 7) is 0. The topological polar surface area (TPSA) is 50.4 Å². The zero-order valence-electron chi connectivity index (χ0n) is 6.65. The number of hydrogen-bond acceptors (Lipinski definition) is 4. The first-order valence-corrected chi connectivity index (χ1v) is 4.14. The molecule has 0 spiro atoms. The molecule has 1 heterocycles. The summed E-state index contributed by atoms with van der Waals surface area (Å²) in [5, 5.41) is 5.52. The molecule has 0 aromatic heterocycles. The molecular weight excluding hydrogens is 188 g/mol. The first-order valence-electron chi connectivity index (χ1n) is 3.78. The molecule has 0 aliphatic carbocycles. The number of para-hydroxylation sites is 1. The molecule has 1 amide bonds. The van der Waals surface area contributed by atoms with Gasteiger partial charge in [0.15, 0.2) is 0 Å². The minimum Gasteiger partial charge on any atom is -0.341 e. The monoisotopic (exact) mass is 196 g/mol. The molecule has 0 bridgehead atoms. The average Bonchev–Trinajstić information content (AvgIpc) is 2.18. The summed E-state index contributed by atoms with van der Waals surface area (Å²) in [7, 11) is 0. The Morgan fingerprint density at radius 3 is 2.85 bits per heavy atom. The second-order valence-electron chi connectivity index (χ2n) is 2.65. The molecule has 0 saturated carbocycles. The van der Waals surface area contributed by atoms with Gasteiger partial charge in [0.1, 0.15) is 0 Å². The van der Waals surface area contributed by atoms with Gasteiger partial charge in [0.2, 0.25) is 6.35 Å². The Bertz CT molecular complexity index is 343. The maximum absolute atomic E-state index is 11.4. The number of rotatable bonds is 1. The van der Waals surface area contributed by atoms with E-state index in [1.165, 1.54) is 0 Å². The van der Waals surface area contributed by atoms with Gasteiger partial charge in [-0.3, -0.25) is 8.98 Å². The molecule has 5 heteroatoms. The summed E-state index contributed by atoms with van der Waals surface area (Å²) >= 11 is 3.62. The minimum absolute atomic E-state index is 0.159. The van der Waals surface area contributed by atoms with Gasteiger partial charge in [-0.15, -0.1) is 0 Å². The SMILES string of the molecule is O=C1NC(OS)Nc2ccccc21. The fraction of sp³-hybridized carbons (Fsp3) is 0.125. The highest BCUT2D eigenvalue weighted by molar-refractivity contribution is 7.75. The number of thiol groups is 1. The summed E-state index contributed by atoms with van der Waals surface area (Å²) in [5.74, 6) is -0.159. The van der Waals surface area contributed by atoms with Gasteiger partial charge in [0.05, 0.1) is 11.3 Å². The molecule has 2 N–H and O–H groups in total. The van der Waals surface area contributed by atoms with Gasteiger partial charge in [0, 0.05) is 0 Å². The lowest BCUT2D eigenvalue weighted by Crippen LogP contribution is -2.45. The standard InChI is InChI=1S/C8H8N2O2S/c11-7-5-3-1-2-4-6(5)9-8(10-7)12-13/h1-4,8-9,13H,(H,10,11). The van der Waals surface area contributed by atoms with Crippen LogP contribution in [-0.2, 0) is 4.18 Å². The fourth-order valence-corrected chi connectivity index (χ4v) is 1.34. The highest BCUT2D eigenvalue weighted by Gasteiger charge is 2.22. The van der Waals surface area contributed by atoms with Crippen LogP contribution in [0.2, 0.25) is 0 Å². The second-order valence-corrected chi connectivity index (χ2v) is 2.86. The van der Waals surface area contributed by atoms with Crippen molar-refractivity contribution in [2.24, 2.45) is 0 Å². The lowest BCUT2D eigenvalue weighted by atomic mass is 10.1. The number of benzene rings is 1. The van der Waals surface area contributed by atoms with E-state index < -0.39 is 6.35 Å². The van der Waals surface area contributed by atoms with Crippen LogP contribution in [0, 0.1) is 0 Å². The van der Waals surface area contributed by atoms with Crippen molar-refractivity contribution in [1.82, 2.24) is 5.32 Å². The van der Waals surface area contributed by atoms with Crippen LogP contribution in [-0.4, -0.2) is 12.3 Å². The summed E-state index contributed by atoms with van der Waals surface area (Å²) in [5.41, 5.74) is 1.37. The largest absolute Gasteiger partial charge is 0.341 e. The zero-order chi connectivity index (χ0) is 9.26. The molecule has 1 atom stereocenters. The fourth-order valence-electron chi connectivity index (χ4n) is 1.23. The van der Waals surface area contributed by atoms with E-state index >= 15 is 0 Å². The Hall–Kier alpha value is -1.20. The quantitative estimate of drug-likeness (QED) is 0.463. The van der Waals surface area contributed by atoms with E-state index in [4.69, 9.17) is 0 Å². The number of hydrogen-bond donors (Lipinski definition) is 3. The highest BCUT2D eigenvalue weighted by Crippen LogP contribution is 2.19. The van der Waals surface area contributed by atoms with Crippen LogP contribution in [0.15, 0.2) is 24.3 Å². The van der Waals surface area contributed by atoms with Crippen LogP contribution in [0.25, 0.3) is 0 Å². The minimum atomic E-state index is -0.564. The van der Waals surface area contributed by atoms with Crippen molar-refractivity contribution in [3.63, 3.8) is 0 Å². The molecular formula is C8H8N2O2S. The molecule has 0 radical (unpaired) electrons. The molecule has 1 unspecified atom stereocenters. The van der Waals surface area contributed by atoms with Crippen molar-refractivity contribution in [3.8, 4) is 0 Å². The number of nitrogens with one attached hydrogen (secondary N) is 2. The number of amides is 1. The van der Waals surface area contributed by atoms with E-state index in [-0.39, 0.29) is 5.91 Å². The van der Waals surface area contributed by atoms with Gasteiger partial charge in [-0.1, -0.05) is 12.1 Å². The molecule has 1 aliphatic heterocycles. The Labute approximate surface area is 80.9 Å². The summed E-state index contributed by atoms with van der Waals surface area (Å²) in [4.78, 5) is 11.4. The van der Waals surface area contributed by atoms with E-state index in [0.29, 0.717) is 5.56 Å². The number of carbonyl (C=O) groups is 1. The number of fused-ring (bicyclic) bond motifs is 1. The number of anilines is 1. The summed E-state index contributed by atoms with van der Waals surface area (Å²) in [6, 6.07) is 7.21. The third-order valence-electron chi connectivity index (χ3n) is 1.83. The Kier molecular flexibility index (Phi) is 2.12. The van der Waals surface area contributed by atoms with Crippen LogP contribution in [0.4, 0.5) is 5.69 Å². The molecule has 68 valence electrons. The first kappa shape index (κ1) is 8.40. The van der Waals surface area contributed by atoms with E-state index in [1.54, 1.807) is 6.07 Å². The molecule has 1 aliphatic rings. The van der Waals surface area contributed by atoms with E-state index in [9.17, 15) is 4.79 Å². The Balaban J connectivity index is 2.37. The van der Waals surface area contributed by atoms with Crippen molar-refractivity contribution >= 4 is 24.5 Å². The molecule has 4 nitrogen and oxygen atoms in total. The molecule has 1 aromatic carbocycles. The first-order chi connectivity index (χ1) is 6.31. The van der Waals surface area contributed by atoms with Crippen LogP contribution in [0.5, 0.6) is 0 Å². The zero-order valence-corrected chi connectivity index (χ0v) is 7.54. The predicted octanol–water partition coefficient (Wildman–Crippen LogP) is 0.987. The van der Waals surface area contributed by atoms with Crippen molar-refractivity contribution < 1.29 is 8.98 Å². The van der Waals surface area contributed by atoms with E-state index in [0.717, 1.165) is 5.69 Å². The van der Waals surface area contributed by atoms with Crippen molar-refractivity contribution in [2.45, 2.75) is 6.35 Å². The predicted molar refractivity (Wildman–Crippen MR) is 51.4 cm³/mol. The van der Waals surface area contributed by atoms with Crippen LogP contribution < -0.4 is 10.6 Å². The van der Waals surface area contributed by atoms with Gasteiger partial charge < -0.3 is 10.6 Å². The molecule has 2 rings (SSSR count). The second kappa shape index (κ2) is 3.27. The lowest BCUT2D eigenvalue weighted by molar-refractivity contribution is 0.0870. The van der Waals surface area contributed by atoms with Crippen LogP contribution in [0.1, 0.15) is 10.4 Å². The third kappa shape index (κ3) is 1.48. The van der Waals surface area contributed by atoms with Crippen molar-refractivity contribution in [1.29, 1.82) is 0 Å². The van der Waals surface area contributed by atoms with Gasteiger partial charge in [-0.05, 0) is 25.0 Å². The maximum atomic E-state index is 11.4. The molecule has 13 heavy (non-hydrogen) atoms. The summed E-state index contributed by atoms with van der Waals surface area (Å²) in [6.07, 6.45) is -0.564. The van der Waals surface area contributed by atoms with Gasteiger partial charge in [-0.25, -0.2) is 0 Å². The van der Waals surface area contributed by atoms with Crippen LogP contribution >= 0.6 is 12.9 Å². The third-order valence-corrected chi connectivity index (χ3v) is 2.04. The van der Waals surface area contributed by atoms with Crippen molar-refractivity contribution in [2.75, 3.05) is 5.32 Å². The molecule has 0 fully saturated rings. The molecule has 1 aromatic rings. The Morgan fingerprint density at radius 1 is 1.31 bits per heavy atom. The maximum Gasteiger partial charge on any atom is 0.256 e. The van der Waals surface area contributed by atoms with Crippen molar-refractivity contribution in [3.05, 3.63) is 29.8 Å².